The minimum atomic E-state index is -4.52. The molecule has 0 bridgehead atoms. The molecule has 4 rings (SSSR count). The predicted molar refractivity (Wildman–Crippen MR) is 131 cm³/mol. The van der Waals surface area contributed by atoms with Gasteiger partial charge in [-0.3, -0.25) is 9.78 Å². The molecule has 1 amide bonds. The van der Waals surface area contributed by atoms with Crippen molar-refractivity contribution in [1.82, 2.24) is 10.3 Å². The number of benzene rings is 2. The third-order valence-corrected chi connectivity index (χ3v) is 6.22. The number of aromatic nitrogens is 1. The number of halogens is 3. The molecule has 0 aliphatic heterocycles. The van der Waals surface area contributed by atoms with E-state index in [-0.39, 0.29) is 12.3 Å². The number of alkyl halides is 3. The summed E-state index contributed by atoms with van der Waals surface area (Å²) in [5.41, 5.74) is 1.87. The first kappa shape index (κ1) is 24.5. The van der Waals surface area contributed by atoms with Gasteiger partial charge in [0.2, 0.25) is 5.91 Å². The van der Waals surface area contributed by atoms with Crippen molar-refractivity contribution in [3.05, 3.63) is 124 Å². The van der Waals surface area contributed by atoms with Crippen LogP contribution in [0.1, 0.15) is 47.8 Å². The van der Waals surface area contributed by atoms with Crippen molar-refractivity contribution >= 4 is 5.91 Å². The number of hydrogen-bond acceptors (Lipinski definition) is 2. The molecule has 180 valence electrons. The van der Waals surface area contributed by atoms with Crippen molar-refractivity contribution in [2.45, 2.75) is 44.8 Å². The number of aryl methyl sites for hydroxylation is 1. The first-order valence-electron chi connectivity index (χ1n) is 11.5. The van der Waals surface area contributed by atoms with Crippen LogP contribution in [0.4, 0.5) is 13.2 Å². The van der Waals surface area contributed by atoms with E-state index >= 15 is 0 Å². The first-order valence-corrected chi connectivity index (χ1v) is 11.5. The molecule has 1 unspecified atom stereocenters. The molecule has 1 heterocycles. The number of nitrogens with zero attached hydrogens (tertiary/aromatic N) is 1. The molecular weight excluding hydrogens is 449 g/mol. The van der Waals surface area contributed by atoms with Crippen LogP contribution < -0.4 is 5.32 Å². The molecule has 0 saturated carbocycles. The van der Waals surface area contributed by atoms with Crippen LogP contribution in [-0.4, -0.2) is 10.9 Å². The van der Waals surface area contributed by atoms with Gasteiger partial charge in [-0.25, -0.2) is 0 Å². The van der Waals surface area contributed by atoms with Gasteiger partial charge in [-0.1, -0.05) is 66.3 Å². The van der Waals surface area contributed by atoms with E-state index in [1.807, 2.05) is 62.4 Å². The molecule has 35 heavy (non-hydrogen) atoms. The van der Waals surface area contributed by atoms with Crippen molar-refractivity contribution < 1.29 is 18.0 Å². The Morgan fingerprint density at radius 1 is 0.943 bits per heavy atom. The monoisotopic (exact) mass is 476 g/mol. The third kappa shape index (κ3) is 5.53. The van der Waals surface area contributed by atoms with Gasteiger partial charge in [0.05, 0.1) is 11.3 Å². The summed E-state index contributed by atoms with van der Waals surface area (Å²) >= 11 is 0. The molecular formula is C29H27F3N2O. The van der Waals surface area contributed by atoms with Gasteiger partial charge in [0, 0.05) is 17.7 Å². The number of allylic oxidation sites excluding steroid dienone is 3. The summed E-state index contributed by atoms with van der Waals surface area (Å²) in [4.78, 5) is 18.3. The number of amides is 1. The Hall–Kier alpha value is -3.67. The second kappa shape index (κ2) is 9.90. The van der Waals surface area contributed by atoms with E-state index in [0.717, 1.165) is 29.7 Å². The van der Waals surface area contributed by atoms with Gasteiger partial charge in [0.25, 0.3) is 0 Å². The van der Waals surface area contributed by atoms with Gasteiger partial charge in [0.15, 0.2) is 0 Å². The lowest BCUT2D eigenvalue weighted by Crippen LogP contribution is -2.50. The van der Waals surface area contributed by atoms with Crippen LogP contribution in [0.3, 0.4) is 0 Å². The van der Waals surface area contributed by atoms with Gasteiger partial charge in [-0.15, -0.1) is 0 Å². The first-order chi connectivity index (χ1) is 16.7. The van der Waals surface area contributed by atoms with Gasteiger partial charge in [0.1, 0.15) is 5.54 Å². The lowest BCUT2D eigenvalue weighted by atomic mass is 9.79. The highest BCUT2D eigenvalue weighted by molar-refractivity contribution is 5.95. The van der Waals surface area contributed by atoms with Crippen molar-refractivity contribution in [2.24, 2.45) is 0 Å². The lowest BCUT2D eigenvalue weighted by Gasteiger charge is -2.36. The molecule has 0 spiro atoms. The normalized spacial score (nSPS) is 15.6. The number of hydrogen-bond donors (Lipinski definition) is 1. The molecule has 0 fully saturated rings. The maximum absolute atomic E-state index is 13.7. The third-order valence-electron chi connectivity index (χ3n) is 6.22. The summed E-state index contributed by atoms with van der Waals surface area (Å²) in [6, 6.07) is 20.0. The Morgan fingerprint density at radius 3 is 2.34 bits per heavy atom. The number of pyridine rings is 1. The number of nitrogens with one attached hydrogen (secondary N) is 1. The van der Waals surface area contributed by atoms with E-state index in [1.165, 1.54) is 6.07 Å². The predicted octanol–water partition coefficient (Wildman–Crippen LogP) is 6.68. The van der Waals surface area contributed by atoms with Gasteiger partial charge < -0.3 is 5.32 Å². The standard InChI is InChI=1S/C29H27F3N2O/c1-20-9-6-13-23(17-20)27(35)34-28(19-22-11-4-3-5-12-22,26-16-7-10-21(2)33-26)24-14-8-15-25(18-24)29(30,31)32/h3-5,7-12,14-18H,6,13,19H2,1-2H3,(H,34,35). The van der Waals surface area contributed by atoms with E-state index in [9.17, 15) is 18.0 Å². The molecule has 1 aromatic heterocycles. The minimum Gasteiger partial charge on any atom is -0.337 e. The fourth-order valence-electron chi connectivity index (χ4n) is 4.48. The van der Waals surface area contributed by atoms with Gasteiger partial charge in [-0.05, 0) is 62.1 Å². The molecule has 1 atom stereocenters. The van der Waals surface area contributed by atoms with Crippen molar-refractivity contribution in [2.75, 3.05) is 0 Å². The summed E-state index contributed by atoms with van der Waals surface area (Å²) in [5.74, 6) is -0.311. The van der Waals surface area contributed by atoms with Crippen LogP contribution in [0.15, 0.2) is 96.1 Å². The van der Waals surface area contributed by atoms with Crippen LogP contribution in [0.5, 0.6) is 0 Å². The Kier molecular flexibility index (Phi) is 6.92. The van der Waals surface area contributed by atoms with E-state index in [4.69, 9.17) is 4.98 Å². The molecule has 3 aromatic rings. The molecule has 6 heteroatoms. The topological polar surface area (TPSA) is 42.0 Å². The summed E-state index contributed by atoms with van der Waals surface area (Å²) in [7, 11) is 0. The Labute approximate surface area is 203 Å². The highest BCUT2D eigenvalue weighted by Crippen LogP contribution is 2.37. The second-order valence-corrected chi connectivity index (χ2v) is 8.92. The number of carbonyl (C=O) groups is 1. The van der Waals surface area contributed by atoms with Crippen molar-refractivity contribution in [3.63, 3.8) is 0 Å². The second-order valence-electron chi connectivity index (χ2n) is 8.92. The maximum Gasteiger partial charge on any atom is 0.416 e. The fraction of sp³-hybridized carbons (Fsp3) is 0.241. The van der Waals surface area contributed by atoms with Crippen LogP contribution in [0, 0.1) is 6.92 Å². The molecule has 3 nitrogen and oxygen atoms in total. The zero-order valence-corrected chi connectivity index (χ0v) is 19.7. The Bertz CT molecular complexity index is 1280. The van der Waals surface area contributed by atoms with Gasteiger partial charge in [-0.2, -0.15) is 13.2 Å². The van der Waals surface area contributed by atoms with Crippen LogP contribution >= 0.6 is 0 Å². The van der Waals surface area contributed by atoms with E-state index < -0.39 is 17.3 Å². The molecule has 1 N–H and O–H groups in total. The van der Waals surface area contributed by atoms with E-state index in [0.29, 0.717) is 28.9 Å². The number of carbonyl (C=O) groups excluding carboxylic acids is 1. The average Bonchev–Trinajstić information content (AvgIpc) is 2.84. The highest BCUT2D eigenvalue weighted by Gasteiger charge is 2.40. The maximum atomic E-state index is 13.7. The van der Waals surface area contributed by atoms with Crippen molar-refractivity contribution in [1.29, 1.82) is 0 Å². The van der Waals surface area contributed by atoms with Crippen LogP contribution in [-0.2, 0) is 22.9 Å². The summed E-state index contributed by atoms with van der Waals surface area (Å²) in [6.45, 7) is 3.75. The smallest absolute Gasteiger partial charge is 0.337 e. The average molecular weight is 477 g/mol. The summed E-state index contributed by atoms with van der Waals surface area (Å²) < 4.78 is 41.2. The quantitative estimate of drug-likeness (QED) is 0.431. The van der Waals surface area contributed by atoms with Crippen molar-refractivity contribution in [3.8, 4) is 0 Å². The SMILES string of the molecule is CC1=CCCC(C(=O)NC(Cc2ccccc2)(c2cccc(C(F)(F)F)c2)c2cccc(C)n2)=C1. The van der Waals surface area contributed by atoms with E-state index in [2.05, 4.69) is 11.4 Å². The zero-order chi connectivity index (χ0) is 25.1. The molecule has 0 radical (unpaired) electrons. The van der Waals surface area contributed by atoms with Crippen LogP contribution in [0.2, 0.25) is 0 Å². The Balaban J connectivity index is 1.93. The zero-order valence-electron chi connectivity index (χ0n) is 19.7. The summed E-state index contributed by atoms with van der Waals surface area (Å²) in [6.07, 6.45) is 0.911. The lowest BCUT2D eigenvalue weighted by molar-refractivity contribution is -0.137. The fourth-order valence-corrected chi connectivity index (χ4v) is 4.48. The molecule has 2 aromatic carbocycles. The highest BCUT2D eigenvalue weighted by atomic mass is 19.4. The molecule has 0 saturated heterocycles. The van der Waals surface area contributed by atoms with Crippen LogP contribution in [0.25, 0.3) is 0 Å². The summed E-state index contributed by atoms with van der Waals surface area (Å²) in [5, 5.41) is 3.14. The van der Waals surface area contributed by atoms with E-state index in [1.54, 1.807) is 12.1 Å². The molecule has 1 aliphatic carbocycles. The number of rotatable bonds is 6. The minimum absolute atomic E-state index is 0.236. The largest absolute Gasteiger partial charge is 0.416 e. The molecule has 1 aliphatic rings. The van der Waals surface area contributed by atoms with Gasteiger partial charge >= 0.3 is 6.18 Å². The Morgan fingerprint density at radius 2 is 1.66 bits per heavy atom.